The van der Waals surface area contributed by atoms with Crippen LogP contribution in [-0.2, 0) is 0 Å². The van der Waals surface area contributed by atoms with E-state index in [-0.39, 0.29) is 24.7 Å². The maximum absolute atomic E-state index is 12.9. The Morgan fingerprint density at radius 1 is 1.33 bits per heavy atom. The molecule has 3 nitrogen and oxygen atoms in total. The van der Waals surface area contributed by atoms with E-state index in [1.807, 2.05) is 0 Å². The summed E-state index contributed by atoms with van der Waals surface area (Å²) >= 11 is 0. The molecular formula is C10H10F2O3. The SMILES string of the molecule is CC1(CO)COc2cc(F)c(F)cc2O1. The van der Waals surface area contributed by atoms with Crippen LogP contribution in [0.25, 0.3) is 0 Å². The average molecular weight is 216 g/mol. The standard InChI is InChI=1S/C10H10F2O3/c1-10(4-13)5-14-8-2-6(11)7(12)3-9(8)15-10/h2-3,13H,4-5H2,1H3. The average Bonchev–Trinajstić information content (AvgIpc) is 2.21. The van der Waals surface area contributed by atoms with Crippen LogP contribution in [0.4, 0.5) is 8.78 Å². The molecule has 0 aromatic heterocycles. The van der Waals surface area contributed by atoms with E-state index in [1.165, 1.54) is 0 Å². The number of aliphatic hydroxyl groups excluding tert-OH is 1. The predicted octanol–water partition coefficient (Wildman–Crippen LogP) is 1.49. The molecule has 0 radical (unpaired) electrons. The maximum atomic E-state index is 12.9. The maximum Gasteiger partial charge on any atom is 0.165 e. The van der Waals surface area contributed by atoms with Crippen LogP contribution in [0.2, 0.25) is 0 Å². The van der Waals surface area contributed by atoms with Crippen LogP contribution in [0.15, 0.2) is 12.1 Å². The van der Waals surface area contributed by atoms with Gasteiger partial charge in [-0.15, -0.1) is 0 Å². The van der Waals surface area contributed by atoms with Crippen molar-refractivity contribution in [3.05, 3.63) is 23.8 Å². The molecule has 0 bridgehead atoms. The van der Waals surface area contributed by atoms with Gasteiger partial charge in [0.1, 0.15) is 6.61 Å². The summed E-state index contributed by atoms with van der Waals surface area (Å²) in [5.41, 5.74) is -0.905. The first kappa shape index (κ1) is 10.2. The van der Waals surface area contributed by atoms with Crippen LogP contribution < -0.4 is 9.47 Å². The summed E-state index contributed by atoms with van der Waals surface area (Å²) in [6, 6.07) is 1.85. The molecule has 0 spiro atoms. The zero-order valence-corrected chi connectivity index (χ0v) is 8.09. The molecule has 2 rings (SSSR count). The van der Waals surface area contributed by atoms with Gasteiger partial charge in [0.15, 0.2) is 28.7 Å². The number of halogens is 2. The topological polar surface area (TPSA) is 38.7 Å². The van der Waals surface area contributed by atoms with Crippen molar-refractivity contribution >= 4 is 0 Å². The minimum absolute atomic E-state index is 0.0988. The third-order valence-corrected chi connectivity index (χ3v) is 2.21. The van der Waals surface area contributed by atoms with E-state index in [0.717, 1.165) is 12.1 Å². The molecule has 1 unspecified atom stereocenters. The number of hydrogen-bond acceptors (Lipinski definition) is 3. The van der Waals surface area contributed by atoms with Crippen LogP contribution in [0.1, 0.15) is 6.92 Å². The van der Waals surface area contributed by atoms with Crippen molar-refractivity contribution in [1.82, 2.24) is 0 Å². The van der Waals surface area contributed by atoms with E-state index < -0.39 is 17.2 Å². The van der Waals surface area contributed by atoms with Gasteiger partial charge in [-0.25, -0.2) is 8.78 Å². The van der Waals surface area contributed by atoms with Gasteiger partial charge >= 0.3 is 0 Å². The van der Waals surface area contributed by atoms with E-state index in [9.17, 15) is 8.78 Å². The van der Waals surface area contributed by atoms with Gasteiger partial charge in [-0.2, -0.15) is 0 Å². The summed E-state index contributed by atoms with van der Waals surface area (Å²) < 4.78 is 36.2. The zero-order chi connectivity index (χ0) is 11.1. The number of aliphatic hydroxyl groups is 1. The highest BCUT2D eigenvalue weighted by Gasteiger charge is 2.33. The van der Waals surface area contributed by atoms with Crippen LogP contribution in [0.5, 0.6) is 11.5 Å². The summed E-state index contributed by atoms with van der Waals surface area (Å²) in [6.45, 7) is 1.46. The lowest BCUT2D eigenvalue weighted by Gasteiger charge is -2.33. The molecule has 1 aromatic carbocycles. The van der Waals surface area contributed by atoms with Gasteiger partial charge in [0.25, 0.3) is 0 Å². The molecule has 0 fully saturated rings. The molecule has 1 aliphatic rings. The van der Waals surface area contributed by atoms with Gasteiger partial charge in [-0.05, 0) is 6.92 Å². The summed E-state index contributed by atoms with van der Waals surface area (Å²) in [5.74, 6) is -1.72. The number of rotatable bonds is 1. The minimum Gasteiger partial charge on any atom is -0.485 e. The van der Waals surface area contributed by atoms with Gasteiger partial charge in [0.2, 0.25) is 0 Å². The molecule has 1 aromatic rings. The molecule has 0 saturated carbocycles. The number of benzene rings is 1. The lowest BCUT2D eigenvalue weighted by atomic mass is 10.1. The molecule has 15 heavy (non-hydrogen) atoms. The van der Waals surface area contributed by atoms with Gasteiger partial charge in [-0.1, -0.05) is 0 Å². The van der Waals surface area contributed by atoms with Crippen LogP contribution >= 0.6 is 0 Å². The lowest BCUT2D eigenvalue weighted by Crippen LogP contribution is -2.45. The second-order valence-electron chi connectivity index (χ2n) is 3.71. The minimum atomic E-state index is -1.00. The van der Waals surface area contributed by atoms with Crippen molar-refractivity contribution in [2.45, 2.75) is 12.5 Å². The lowest BCUT2D eigenvalue weighted by molar-refractivity contribution is -0.0341. The molecule has 1 aliphatic heterocycles. The molecule has 5 heteroatoms. The van der Waals surface area contributed by atoms with Crippen LogP contribution in [0.3, 0.4) is 0 Å². The number of hydrogen-bond donors (Lipinski definition) is 1. The fourth-order valence-corrected chi connectivity index (χ4v) is 1.31. The monoisotopic (exact) mass is 216 g/mol. The second-order valence-corrected chi connectivity index (χ2v) is 3.71. The molecule has 1 atom stereocenters. The van der Waals surface area contributed by atoms with E-state index in [0.29, 0.717) is 0 Å². The fraction of sp³-hybridized carbons (Fsp3) is 0.400. The Hall–Kier alpha value is -1.36. The molecule has 1 heterocycles. The molecule has 82 valence electrons. The van der Waals surface area contributed by atoms with Crippen molar-refractivity contribution in [2.24, 2.45) is 0 Å². The zero-order valence-electron chi connectivity index (χ0n) is 8.09. The van der Waals surface area contributed by atoms with Crippen molar-refractivity contribution in [3.8, 4) is 11.5 Å². The highest BCUT2D eigenvalue weighted by molar-refractivity contribution is 5.42. The largest absolute Gasteiger partial charge is 0.485 e. The smallest absolute Gasteiger partial charge is 0.165 e. The Morgan fingerprint density at radius 3 is 2.53 bits per heavy atom. The molecule has 0 amide bonds. The molecule has 0 saturated heterocycles. The Bertz CT molecular complexity index is 394. The van der Waals surface area contributed by atoms with Gasteiger partial charge < -0.3 is 14.6 Å². The quantitative estimate of drug-likeness (QED) is 0.772. The Labute approximate surface area is 85.2 Å². The Morgan fingerprint density at radius 2 is 1.93 bits per heavy atom. The summed E-state index contributed by atoms with van der Waals surface area (Å²) in [7, 11) is 0. The van der Waals surface area contributed by atoms with Crippen molar-refractivity contribution in [3.63, 3.8) is 0 Å². The highest BCUT2D eigenvalue weighted by atomic mass is 19.2. The van der Waals surface area contributed by atoms with Gasteiger partial charge in [-0.3, -0.25) is 0 Å². The first-order valence-corrected chi connectivity index (χ1v) is 4.46. The van der Waals surface area contributed by atoms with Crippen molar-refractivity contribution in [1.29, 1.82) is 0 Å². The van der Waals surface area contributed by atoms with E-state index in [1.54, 1.807) is 6.92 Å². The first-order valence-electron chi connectivity index (χ1n) is 4.46. The molecule has 0 aliphatic carbocycles. The van der Waals surface area contributed by atoms with Crippen LogP contribution in [0, 0.1) is 11.6 Å². The Kier molecular flexibility index (Phi) is 2.26. The van der Waals surface area contributed by atoms with E-state index in [4.69, 9.17) is 14.6 Å². The van der Waals surface area contributed by atoms with Crippen molar-refractivity contribution < 1.29 is 23.4 Å². The normalized spacial score (nSPS) is 24.0. The fourth-order valence-electron chi connectivity index (χ4n) is 1.31. The third-order valence-electron chi connectivity index (χ3n) is 2.21. The number of ether oxygens (including phenoxy) is 2. The Balaban J connectivity index is 2.38. The van der Waals surface area contributed by atoms with E-state index in [2.05, 4.69) is 0 Å². The van der Waals surface area contributed by atoms with Gasteiger partial charge in [0, 0.05) is 12.1 Å². The summed E-state index contributed by atoms with van der Waals surface area (Å²) in [6.07, 6.45) is 0. The first-order chi connectivity index (χ1) is 7.04. The molecular weight excluding hydrogens is 206 g/mol. The summed E-state index contributed by atoms with van der Waals surface area (Å²) in [5, 5.41) is 9.03. The van der Waals surface area contributed by atoms with E-state index >= 15 is 0 Å². The highest BCUT2D eigenvalue weighted by Crippen LogP contribution is 2.36. The van der Waals surface area contributed by atoms with Gasteiger partial charge in [0.05, 0.1) is 6.61 Å². The predicted molar refractivity (Wildman–Crippen MR) is 48.0 cm³/mol. The molecule has 1 N–H and O–H groups in total. The number of fused-ring (bicyclic) bond motifs is 1. The van der Waals surface area contributed by atoms with Crippen molar-refractivity contribution in [2.75, 3.05) is 13.2 Å². The van der Waals surface area contributed by atoms with Crippen LogP contribution in [-0.4, -0.2) is 23.9 Å². The third kappa shape index (κ3) is 1.74. The summed E-state index contributed by atoms with van der Waals surface area (Å²) in [4.78, 5) is 0. The second kappa shape index (κ2) is 3.34.